The molecule has 156 valence electrons. The molecule has 0 bridgehead atoms. The second-order valence-electron chi connectivity index (χ2n) is 7.06. The van der Waals surface area contributed by atoms with Gasteiger partial charge in [0.05, 0.1) is 22.1 Å². The lowest BCUT2D eigenvalue weighted by Gasteiger charge is -2.14. The van der Waals surface area contributed by atoms with Crippen LogP contribution in [-0.4, -0.2) is 49.3 Å². The number of anilines is 1. The number of para-hydroxylation sites is 1. The number of halogens is 1. The Kier molecular flexibility index (Phi) is 5.25. The molecular formula is C20H19FN4O4S. The zero-order chi connectivity index (χ0) is 21.3. The number of nitrogens with zero attached hydrogens (tertiary/aromatic N) is 2. The van der Waals surface area contributed by atoms with Crippen molar-refractivity contribution in [3.63, 3.8) is 0 Å². The largest absolute Gasteiger partial charge is 0.355 e. The Labute approximate surface area is 172 Å². The molecule has 2 amide bonds. The number of hydrogen-bond donors (Lipinski definition) is 2. The third-order valence-electron chi connectivity index (χ3n) is 5.04. The molecule has 0 aliphatic carbocycles. The predicted octanol–water partition coefficient (Wildman–Crippen LogP) is 1.64. The van der Waals surface area contributed by atoms with E-state index in [9.17, 15) is 22.4 Å². The molecule has 2 aromatic carbocycles. The zero-order valence-electron chi connectivity index (χ0n) is 15.8. The molecule has 0 unspecified atom stereocenters. The molecule has 1 aromatic heterocycles. The first-order valence-corrected chi connectivity index (χ1v) is 11.0. The number of amides is 2. The van der Waals surface area contributed by atoms with Crippen molar-refractivity contribution in [1.29, 1.82) is 0 Å². The van der Waals surface area contributed by atoms with Crippen LogP contribution < -0.4 is 10.2 Å². The number of fused-ring (bicyclic) bond motifs is 1. The first kappa shape index (κ1) is 20.0. The molecule has 4 rings (SSSR count). The van der Waals surface area contributed by atoms with Gasteiger partial charge in [-0.2, -0.15) is 5.10 Å². The standard InChI is InChI=1S/C20H19FN4O4S/c21-14-5-7-15(8-6-14)30(28,29)10-9-22-20(27)13-11-18(26)25(12-13)19-16-3-1-2-4-17(16)23-24-19/h1-8,13H,9-12H2,(H,22,27)(H,23,24)/t13-/m1/s1. The summed E-state index contributed by atoms with van der Waals surface area (Å²) >= 11 is 0. The summed E-state index contributed by atoms with van der Waals surface area (Å²) in [6.07, 6.45) is 0.0255. The SMILES string of the molecule is O=C(NCCS(=O)(=O)c1ccc(F)cc1)[C@@H]1CC(=O)N(c2n[nH]c3ccccc23)C1. The fourth-order valence-corrected chi connectivity index (χ4v) is 4.61. The molecule has 8 nitrogen and oxygen atoms in total. The van der Waals surface area contributed by atoms with Crippen molar-refractivity contribution in [3.05, 3.63) is 54.3 Å². The number of benzene rings is 2. The molecule has 0 radical (unpaired) electrons. The quantitative estimate of drug-likeness (QED) is 0.578. The van der Waals surface area contributed by atoms with Crippen LogP contribution in [0.3, 0.4) is 0 Å². The molecule has 1 aliphatic heterocycles. The van der Waals surface area contributed by atoms with Crippen molar-refractivity contribution in [2.45, 2.75) is 11.3 Å². The van der Waals surface area contributed by atoms with Crippen LogP contribution in [0, 0.1) is 11.7 Å². The van der Waals surface area contributed by atoms with Crippen LogP contribution >= 0.6 is 0 Å². The first-order chi connectivity index (χ1) is 14.3. The summed E-state index contributed by atoms with van der Waals surface area (Å²) in [5.74, 6) is -1.57. The first-order valence-electron chi connectivity index (χ1n) is 9.35. The molecule has 2 heterocycles. The van der Waals surface area contributed by atoms with Crippen LogP contribution in [0.4, 0.5) is 10.2 Å². The fourth-order valence-electron chi connectivity index (χ4n) is 3.46. The van der Waals surface area contributed by atoms with E-state index in [2.05, 4.69) is 15.5 Å². The second kappa shape index (κ2) is 7.86. The Hall–Kier alpha value is -3.27. The molecule has 3 aromatic rings. The lowest BCUT2D eigenvalue weighted by Crippen LogP contribution is -2.35. The van der Waals surface area contributed by atoms with Crippen LogP contribution in [-0.2, 0) is 19.4 Å². The summed E-state index contributed by atoms with van der Waals surface area (Å²) < 4.78 is 37.5. The number of carbonyl (C=O) groups is 2. The average Bonchev–Trinajstić information content (AvgIpc) is 3.31. The normalized spacial score (nSPS) is 16.9. The van der Waals surface area contributed by atoms with Crippen molar-refractivity contribution in [3.8, 4) is 0 Å². The summed E-state index contributed by atoms with van der Waals surface area (Å²) in [5.41, 5.74) is 0.791. The van der Waals surface area contributed by atoms with Gasteiger partial charge in [-0.05, 0) is 36.4 Å². The monoisotopic (exact) mass is 430 g/mol. The van der Waals surface area contributed by atoms with Crippen LogP contribution in [0.1, 0.15) is 6.42 Å². The van der Waals surface area contributed by atoms with E-state index in [1.54, 1.807) is 0 Å². The molecule has 10 heteroatoms. The van der Waals surface area contributed by atoms with Gasteiger partial charge in [-0.25, -0.2) is 12.8 Å². The second-order valence-corrected chi connectivity index (χ2v) is 9.17. The smallest absolute Gasteiger partial charge is 0.229 e. The van der Waals surface area contributed by atoms with Crippen LogP contribution in [0.5, 0.6) is 0 Å². The Morgan fingerprint density at radius 1 is 1.20 bits per heavy atom. The van der Waals surface area contributed by atoms with E-state index < -0.39 is 21.6 Å². The van der Waals surface area contributed by atoms with Gasteiger partial charge in [0.2, 0.25) is 11.8 Å². The zero-order valence-corrected chi connectivity index (χ0v) is 16.7. The maximum Gasteiger partial charge on any atom is 0.229 e. The molecule has 0 saturated carbocycles. The summed E-state index contributed by atoms with van der Waals surface area (Å²) in [7, 11) is -3.65. The van der Waals surface area contributed by atoms with Gasteiger partial charge in [0.25, 0.3) is 0 Å². The summed E-state index contributed by atoms with van der Waals surface area (Å²) in [4.78, 5) is 26.4. The fraction of sp³-hybridized carbons (Fsp3) is 0.250. The number of carbonyl (C=O) groups excluding carboxylic acids is 2. The van der Waals surface area contributed by atoms with Gasteiger partial charge in [0, 0.05) is 24.9 Å². The minimum Gasteiger partial charge on any atom is -0.355 e. The number of nitrogens with one attached hydrogen (secondary N) is 2. The van der Waals surface area contributed by atoms with Crippen molar-refractivity contribution in [1.82, 2.24) is 15.5 Å². The molecule has 30 heavy (non-hydrogen) atoms. The Bertz CT molecular complexity index is 1210. The highest BCUT2D eigenvalue weighted by Crippen LogP contribution is 2.29. The molecule has 0 spiro atoms. The van der Waals surface area contributed by atoms with Gasteiger partial charge in [-0.3, -0.25) is 19.6 Å². The minimum absolute atomic E-state index is 0.00854. The van der Waals surface area contributed by atoms with Crippen LogP contribution in [0.15, 0.2) is 53.4 Å². The van der Waals surface area contributed by atoms with Gasteiger partial charge < -0.3 is 5.32 Å². The molecule has 1 saturated heterocycles. The Morgan fingerprint density at radius 2 is 1.93 bits per heavy atom. The minimum atomic E-state index is -3.65. The van der Waals surface area contributed by atoms with E-state index in [1.165, 1.54) is 17.0 Å². The van der Waals surface area contributed by atoms with Gasteiger partial charge in [0.1, 0.15) is 5.82 Å². The number of rotatable bonds is 6. The Morgan fingerprint density at radius 3 is 2.70 bits per heavy atom. The number of hydrogen-bond acceptors (Lipinski definition) is 5. The van der Waals surface area contributed by atoms with Gasteiger partial charge in [-0.15, -0.1) is 0 Å². The third-order valence-corrected chi connectivity index (χ3v) is 6.78. The molecular weight excluding hydrogens is 411 g/mol. The Balaban J connectivity index is 1.36. The van der Waals surface area contributed by atoms with Crippen LogP contribution in [0.2, 0.25) is 0 Å². The summed E-state index contributed by atoms with van der Waals surface area (Å²) in [6, 6.07) is 11.9. The molecule has 1 atom stereocenters. The van der Waals surface area contributed by atoms with Crippen molar-refractivity contribution in [2.75, 3.05) is 23.7 Å². The molecule has 2 N–H and O–H groups in total. The number of aromatic nitrogens is 2. The van der Waals surface area contributed by atoms with Crippen LogP contribution in [0.25, 0.3) is 10.9 Å². The molecule has 1 fully saturated rings. The highest BCUT2D eigenvalue weighted by Gasteiger charge is 2.36. The lowest BCUT2D eigenvalue weighted by molar-refractivity contribution is -0.126. The van der Waals surface area contributed by atoms with Crippen molar-refractivity contribution >= 4 is 38.4 Å². The van der Waals surface area contributed by atoms with Gasteiger partial charge in [0.15, 0.2) is 15.7 Å². The third kappa shape index (κ3) is 3.90. The van der Waals surface area contributed by atoms with E-state index in [1.807, 2.05) is 24.3 Å². The highest BCUT2D eigenvalue weighted by molar-refractivity contribution is 7.91. The summed E-state index contributed by atoms with van der Waals surface area (Å²) in [5, 5.41) is 10.4. The topological polar surface area (TPSA) is 112 Å². The van der Waals surface area contributed by atoms with E-state index >= 15 is 0 Å². The van der Waals surface area contributed by atoms with Gasteiger partial charge >= 0.3 is 0 Å². The predicted molar refractivity (Wildman–Crippen MR) is 108 cm³/mol. The molecule has 1 aliphatic rings. The van der Waals surface area contributed by atoms with E-state index in [4.69, 9.17) is 0 Å². The summed E-state index contributed by atoms with van der Waals surface area (Å²) in [6.45, 7) is 0.0682. The number of H-pyrrole nitrogens is 1. The van der Waals surface area contributed by atoms with Gasteiger partial charge in [-0.1, -0.05) is 12.1 Å². The highest BCUT2D eigenvalue weighted by atomic mass is 32.2. The number of sulfone groups is 1. The van der Waals surface area contributed by atoms with E-state index in [-0.39, 0.29) is 42.0 Å². The average molecular weight is 430 g/mol. The van der Waals surface area contributed by atoms with E-state index in [0.717, 1.165) is 23.0 Å². The lowest BCUT2D eigenvalue weighted by atomic mass is 10.1. The van der Waals surface area contributed by atoms with Crippen molar-refractivity contribution < 1.29 is 22.4 Å². The maximum atomic E-state index is 13.0. The maximum absolute atomic E-state index is 13.0. The van der Waals surface area contributed by atoms with E-state index in [0.29, 0.717) is 5.82 Å². The van der Waals surface area contributed by atoms with Crippen molar-refractivity contribution in [2.24, 2.45) is 5.92 Å². The number of aromatic amines is 1.